The molecule has 1 aromatic heterocycles. The molecule has 2 aromatic rings. The summed E-state index contributed by atoms with van der Waals surface area (Å²) in [5.74, 6) is 0.111. The van der Waals surface area contributed by atoms with Crippen LogP contribution in [0.4, 0.5) is 0 Å². The number of pyridine rings is 1. The average Bonchev–Trinajstić information content (AvgIpc) is 2.47. The molecule has 0 aliphatic rings. The number of nitrogens with one attached hydrogen (secondary N) is 1. The maximum atomic E-state index is 7.37. The maximum absolute atomic E-state index is 7.37. The quantitative estimate of drug-likeness (QED) is 0.622. The van der Waals surface area contributed by atoms with Crippen molar-refractivity contribution < 1.29 is 0 Å². The number of aromatic nitrogens is 1. The molecule has 2 rings (SSSR count). The topological polar surface area (TPSA) is 66.0 Å². The van der Waals surface area contributed by atoms with Crippen LogP contribution in [0.15, 0.2) is 48.7 Å². The van der Waals surface area contributed by atoms with Crippen molar-refractivity contribution in [2.75, 3.05) is 13.6 Å². The highest BCUT2D eigenvalue weighted by Crippen LogP contribution is 2.07. The van der Waals surface area contributed by atoms with Gasteiger partial charge in [-0.25, -0.2) is 0 Å². The Morgan fingerprint density at radius 2 is 1.95 bits per heavy atom. The lowest BCUT2D eigenvalue weighted by Crippen LogP contribution is -2.21. The fraction of sp³-hybridized carbons (Fsp3) is 0.250. The van der Waals surface area contributed by atoms with Crippen molar-refractivity contribution in [2.24, 2.45) is 5.73 Å². The van der Waals surface area contributed by atoms with Crippen molar-refractivity contribution in [3.05, 3.63) is 65.5 Å². The van der Waals surface area contributed by atoms with Crippen LogP contribution in [0.5, 0.6) is 0 Å². The van der Waals surface area contributed by atoms with E-state index in [1.54, 1.807) is 0 Å². The van der Waals surface area contributed by atoms with Gasteiger partial charge in [0.2, 0.25) is 0 Å². The van der Waals surface area contributed by atoms with Gasteiger partial charge in [0, 0.05) is 37.0 Å². The molecule has 0 spiro atoms. The summed E-state index contributed by atoms with van der Waals surface area (Å²) in [5, 5.41) is 7.37. The minimum Gasteiger partial charge on any atom is -0.384 e. The number of hydrogen-bond donors (Lipinski definition) is 2. The number of nitrogens with zero attached hydrogens (tertiary/aromatic N) is 2. The third-order valence-electron chi connectivity index (χ3n) is 3.19. The average molecular weight is 268 g/mol. The van der Waals surface area contributed by atoms with Crippen LogP contribution in [0.1, 0.15) is 16.8 Å². The summed E-state index contributed by atoms with van der Waals surface area (Å²) in [6.45, 7) is 1.84. The molecule has 104 valence electrons. The van der Waals surface area contributed by atoms with Crippen molar-refractivity contribution in [3.63, 3.8) is 0 Å². The molecule has 0 radical (unpaired) electrons. The Hall–Kier alpha value is -2.20. The van der Waals surface area contributed by atoms with Crippen LogP contribution >= 0.6 is 0 Å². The SMILES string of the molecule is CN(CCc1ccccn1)Cc1ccc(C(=N)N)cc1. The standard InChI is InChI=1S/C16H20N4/c1-20(11-9-15-4-2-3-10-19-15)12-13-5-7-14(8-6-13)16(17)18/h2-8,10H,9,11-12H2,1H3,(H3,17,18). The molecule has 0 saturated carbocycles. The van der Waals surface area contributed by atoms with Gasteiger partial charge in [0.15, 0.2) is 0 Å². The first-order valence-corrected chi connectivity index (χ1v) is 6.67. The van der Waals surface area contributed by atoms with Crippen LogP contribution in [-0.2, 0) is 13.0 Å². The number of likely N-dealkylation sites (N-methyl/N-ethyl adjacent to an activating group) is 1. The van der Waals surface area contributed by atoms with Crippen LogP contribution in [0.25, 0.3) is 0 Å². The van der Waals surface area contributed by atoms with Gasteiger partial charge in [-0.2, -0.15) is 0 Å². The fourth-order valence-electron chi connectivity index (χ4n) is 2.03. The Kier molecular flexibility index (Phi) is 4.85. The van der Waals surface area contributed by atoms with E-state index in [9.17, 15) is 0 Å². The summed E-state index contributed by atoms with van der Waals surface area (Å²) in [6, 6.07) is 13.8. The number of rotatable bonds is 6. The molecular formula is C16H20N4. The molecular weight excluding hydrogens is 248 g/mol. The Bertz CT molecular complexity index is 548. The van der Waals surface area contributed by atoms with E-state index in [0.717, 1.165) is 30.8 Å². The Morgan fingerprint density at radius 3 is 2.55 bits per heavy atom. The summed E-state index contributed by atoms with van der Waals surface area (Å²) in [7, 11) is 2.10. The highest BCUT2D eigenvalue weighted by Gasteiger charge is 2.02. The highest BCUT2D eigenvalue weighted by atomic mass is 15.1. The van der Waals surface area contributed by atoms with Gasteiger partial charge < -0.3 is 10.6 Å². The predicted molar refractivity (Wildman–Crippen MR) is 81.7 cm³/mol. The smallest absolute Gasteiger partial charge is 0.122 e. The summed E-state index contributed by atoms with van der Waals surface area (Å²) in [4.78, 5) is 6.59. The summed E-state index contributed by atoms with van der Waals surface area (Å²) in [6.07, 6.45) is 2.78. The van der Waals surface area contributed by atoms with Crippen molar-refractivity contribution in [1.82, 2.24) is 9.88 Å². The van der Waals surface area contributed by atoms with Gasteiger partial charge in [-0.15, -0.1) is 0 Å². The van der Waals surface area contributed by atoms with E-state index in [-0.39, 0.29) is 5.84 Å². The molecule has 0 atom stereocenters. The van der Waals surface area contributed by atoms with Crippen LogP contribution in [0.2, 0.25) is 0 Å². The van der Waals surface area contributed by atoms with Gasteiger partial charge in [0.05, 0.1) is 0 Å². The molecule has 0 bridgehead atoms. The molecule has 4 heteroatoms. The summed E-state index contributed by atoms with van der Waals surface area (Å²) >= 11 is 0. The number of hydrogen-bond acceptors (Lipinski definition) is 3. The normalized spacial score (nSPS) is 10.7. The molecule has 20 heavy (non-hydrogen) atoms. The van der Waals surface area contributed by atoms with Gasteiger partial charge in [0.25, 0.3) is 0 Å². The van der Waals surface area contributed by atoms with Crippen molar-refractivity contribution in [2.45, 2.75) is 13.0 Å². The van der Waals surface area contributed by atoms with Gasteiger partial charge in [0.1, 0.15) is 5.84 Å². The number of amidine groups is 1. The van der Waals surface area contributed by atoms with Crippen LogP contribution in [0.3, 0.4) is 0 Å². The minimum atomic E-state index is 0.111. The van der Waals surface area contributed by atoms with Crippen LogP contribution in [0, 0.1) is 5.41 Å². The Balaban J connectivity index is 1.85. The van der Waals surface area contributed by atoms with E-state index in [4.69, 9.17) is 11.1 Å². The van der Waals surface area contributed by atoms with E-state index >= 15 is 0 Å². The molecule has 0 aliphatic carbocycles. The largest absolute Gasteiger partial charge is 0.384 e. The first-order valence-electron chi connectivity index (χ1n) is 6.67. The lowest BCUT2D eigenvalue weighted by molar-refractivity contribution is 0.330. The minimum absolute atomic E-state index is 0.111. The second kappa shape index (κ2) is 6.82. The van der Waals surface area contributed by atoms with Crippen molar-refractivity contribution >= 4 is 5.84 Å². The van der Waals surface area contributed by atoms with Crippen LogP contribution < -0.4 is 5.73 Å². The number of nitrogens with two attached hydrogens (primary N) is 1. The van der Waals surface area contributed by atoms with Gasteiger partial charge in [-0.05, 0) is 24.7 Å². The van der Waals surface area contributed by atoms with Gasteiger partial charge in [-0.3, -0.25) is 10.4 Å². The molecule has 1 aromatic carbocycles. The maximum Gasteiger partial charge on any atom is 0.122 e. The number of benzene rings is 1. The lowest BCUT2D eigenvalue weighted by Gasteiger charge is -2.16. The Morgan fingerprint density at radius 1 is 1.20 bits per heavy atom. The zero-order chi connectivity index (χ0) is 14.4. The first kappa shape index (κ1) is 14.2. The fourth-order valence-corrected chi connectivity index (χ4v) is 2.03. The molecule has 0 amide bonds. The Labute approximate surface area is 119 Å². The first-order chi connectivity index (χ1) is 9.65. The van der Waals surface area contributed by atoms with Crippen molar-refractivity contribution in [1.29, 1.82) is 5.41 Å². The van der Waals surface area contributed by atoms with E-state index in [2.05, 4.69) is 23.0 Å². The summed E-state index contributed by atoms with van der Waals surface area (Å²) in [5.41, 5.74) is 8.55. The monoisotopic (exact) mass is 268 g/mol. The number of nitrogen functional groups attached to an aromatic ring is 1. The summed E-state index contributed by atoms with van der Waals surface area (Å²) < 4.78 is 0. The zero-order valence-corrected chi connectivity index (χ0v) is 11.7. The second-order valence-electron chi connectivity index (χ2n) is 4.92. The molecule has 4 nitrogen and oxygen atoms in total. The highest BCUT2D eigenvalue weighted by molar-refractivity contribution is 5.94. The van der Waals surface area contributed by atoms with Gasteiger partial charge >= 0.3 is 0 Å². The van der Waals surface area contributed by atoms with Crippen molar-refractivity contribution in [3.8, 4) is 0 Å². The second-order valence-corrected chi connectivity index (χ2v) is 4.92. The van der Waals surface area contributed by atoms with E-state index in [1.807, 2.05) is 42.6 Å². The lowest BCUT2D eigenvalue weighted by atomic mass is 10.1. The third-order valence-corrected chi connectivity index (χ3v) is 3.19. The van der Waals surface area contributed by atoms with Crippen LogP contribution in [-0.4, -0.2) is 29.3 Å². The molecule has 0 saturated heterocycles. The molecule has 0 unspecified atom stereocenters. The molecule has 3 N–H and O–H groups in total. The molecule has 1 heterocycles. The molecule has 0 fully saturated rings. The zero-order valence-electron chi connectivity index (χ0n) is 11.7. The molecule has 0 aliphatic heterocycles. The van der Waals surface area contributed by atoms with E-state index < -0.39 is 0 Å². The van der Waals surface area contributed by atoms with E-state index in [1.165, 1.54) is 5.56 Å². The van der Waals surface area contributed by atoms with Gasteiger partial charge in [-0.1, -0.05) is 30.3 Å². The third kappa shape index (κ3) is 4.17. The van der Waals surface area contributed by atoms with E-state index in [0.29, 0.717) is 0 Å². The predicted octanol–water partition coefficient (Wildman–Crippen LogP) is 2.04.